The molecule has 0 heterocycles. The molecule has 1 aromatic carbocycles. The third kappa shape index (κ3) is 3.83. The van der Waals surface area contributed by atoms with Gasteiger partial charge in [-0.3, -0.25) is 5.84 Å². The summed E-state index contributed by atoms with van der Waals surface area (Å²) in [6, 6.07) is 4.63. The van der Waals surface area contributed by atoms with Gasteiger partial charge in [-0.05, 0) is 38.0 Å². The Balaban J connectivity index is 2.41. The number of nitrogens with two attached hydrogens (primary N) is 1. The van der Waals surface area contributed by atoms with Crippen molar-refractivity contribution in [3.8, 4) is 0 Å². The van der Waals surface area contributed by atoms with Crippen LogP contribution in [0.15, 0.2) is 22.7 Å². The molecule has 1 aliphatic carbocycles. The van der Waals surface area contributed by atoms with Gasteiger partial charge in [0.25, 0.3) is 0 Å². The molecule has 3 N–H and O–H groups in total. The van der Waals surface area contributed by atoms with Crippen molar-refractivity contribution in [3.63, 3.8) is 0 Å². The lowest BCUT2D eigenvalue weighted by atomic mass is 9.82. The molecule has 0 radical (unpaired) electrons. The van der Waals surface area contributed by atoms with E-state index in [0.717, 1.165) is 30.2 Å². The number of nitrogens with one attached hydrogen (secondary N) is 1. The predicted molar refractivity (Wildman–Crippen MR) is 86.2 cm³/mol. The Morgan fingerprint density at radius 2 is 2.00 bits per heavy atom. The van der Waals surface area contributed by atoms with Crippen LogP contribution >= 0.6 is 15.9 Å². The molecular weight excluding hydrogens is 335 g/mol. The Labute approximate surface area is 134 Å². The lowest BCUT2D eigenvalue weighted by Gasteiger charge is -2.40. The molecular formula is C16H24BrFN2O. The van der Waals surface area contributed by atoms with Gasteiger partial charge < -0.3 is 4.74 Å². The number of hydrogen-bond acceptors (Lipinski definition) is 3. The van der Waals surface area contributed by atoms with Gasteiger partial charge in [-0.25, -0.2) is 9.82 Å². The van der Waals surface area contributed by atoms with E-state index in [-0.39, 0.29) is 11.9 Å². The summed E-state index contributed by atoms with van der Waals surface area (Å²) in [6.07, 6.45) is 6.39. The predicted octanol–water partition coefficient (Wildman–Crippen LogP) is 4.22. The molecule has 1 aromatic rings. The van der Waals surface area contributed by atoms with E-state index >= 15 is 0 Å². The maximum atomic E-state index is 14.3. The van der Waals surface area contributed by atoms with Crippen molar-refractivity contribution in [2.45, 2.75) is 57.1 Å². The Kier molecular flexibility index (Phi) is 6.17. The quantitative estimate of drug-likeness (QED) is 0.470. The van der Waals surface area contributed by atoms with Gasteiger partial charge in [-0.15, -0.1) is 0 Å². The standard InChI is InChI=1S/C16H24BrFN2O/c1-2-21-16(9-5-3-4-6-10-16)15(20-19)13-11-12(17)7-8-14(13)18/h7-8,11,15,20H,2-6,9-10,19H2,1H3. The van der Waals surface area contributed by atoms with Gasteiger partial charge in [0, 0.05) is 16.6 Å². The van der Waals surface area contributed by atoms with Crippen molar-refractivity contribution in [3.05, 3.63) is 34.1 Å². The first-order chi connectivity index (χ1) is 10.1. The molecule has 2 rings (SSSR count). The zero-order valence-corrected chi connectivity index (χ0v) is 14.1. The molecule has 1 fully saturated rings. The molecule has 0 bridgehead atoms. The maximum Gasteiger partial charge on any atom is 0.128 e. The lowest BCUT2D eigenvalue weighted by Crippen LogP contribution is -2.48. The van der Waals surface area contributed by atoms with Crippen molar-refractivity contribution >= 4 is 15.9 Å². The molecule has 0 aromatic heterocycles. The average Bonchev–Trinajstić information content (AvgIpc) is 2.70. The fourth-order valence-corrected chi connectivity index (χ4v) is 3.77. The molecule has 3 nitrogen and oxygen atoms in total. The Bertz CT molecular complexity index is 462. The minimum atomic E-state index is -0.429. The van der Waals surface area contributed by atoms with E-state index in [2.05, 4.69) is 21.4 Å². The second-order valence-corrected chi connectivity index (χ2v) is 6.59. The van der Waals surface area contributed by atoms with Gasteiger partial charge in [-0.2, -0.15) is 0 Å². The van der Waals surface area contributed by atoms with Crippen molar-refractivity contribution in [1.29, 1.82) is 0 Å². The minimum absolute atomic E-state index is 0.246. The molecule has 1 atom stereocenters. The molecule has 0 aliphatic heterocycles. The van der Waals surface area contributed by atoms with Gasteiger partial charge >= 0.3 is 0 Å². The zero-order chi connectivity index (χ0) is 15.3. The monoisotopic (exact) mass is 358 g/mol. The van der Waals surface area contributed by atoms with Crippen LogP contribution in [0.1, 0.15) is 57.1 Å². The fraction of sp³-hybridized carbons (Fsp3) is 0.625. The zero-order valence-electron chi connectivity index (χ0n) is 12.5. The van der Waals surface area contributed by atoms with Gasteiger partial charge in [-0.1, -0.05) is 41.6 Å². The number of hydrogen-bond donors (Lipinski definition) is 2. The fourth-order valence-electron chi connectivity index (χ4n) is 3.39. The topological polar surface area (TPSA) is 47.3 Å². The van der Waals surface area contributed by atoms with Gasteiger partial charge in [0.2, 0.25) is 0 Å². The minimum Gasteiger partial charge on any atom is -0.373 e. The summed E-state index contributed by atoms with van der Waals surface area (Å²) in [5.41, 5.74) is 2.97. The van der Waals surface area contributed by atoms with Crippen LogP contribution in [0.25, 0.3) is 0 Å². The molecule has 1 aliphatic rings. The van der Waals surface area contributed by atoms with Crippen LogP contribution in [0, 0.1) is 5.82 Å². The van der Waals surface area contributed by atoms with Crippen LogP contribution in [0.2, 0.25) is 0 Å². The highest BCUT2D eigenvalue weighted by Crippen LogP contribution is 2.41. The van der Waals surface area contributed by atoms with Crippen molar-refractivity contribution in [2.75, 3.05) is 6.61 Å². The summed E-state index contributed by atoms with van der Waals surface area (Å²) in [5, 5.41) is 0. The second-order valence-electron chi connectivity index (χ2n) is 5.68. The number of benzene rings is 1. The van der Waals surface area contributed by atoms with Crippen molar-refractivity contribution in [1.82, 2.24) is 5.43 Å². The summed E-state index contributed by atoms with van der Waals surface area (Å²) in [5.74, 6) is 5.56. The highest BCUT2D eigenvalue weighted by atomic mass is 79.9. The van der Waals surface area contributed by atoms with Crippen LogP contribution in [-0.4, -0.2) is 12.2 Å². The van der Waals surface area contributed by atoms with Gasteiger partial charge in [0.05, 0.1) is 11.6 Å². The SMILES string of the molecule is CCOC1(C(NN)c2cc(Br)ccc2F)CCCCCC1. The third-order valence-electron chi connectivity index (χ3n) is 4.34. The van der Waals surface area contributed by atoms with Crippen LogP contribution < -0.4 is 11.3 Å². The first kappa shape index (κ1) is 16.9. The molecule has 0 saturated heterocycles. The molecule has 21 heavy (non-hydrogen) atoms. The first-order valence-corrected chi connectivity index (χ1v) is 8.47. The van der Waals surface area contributed by atoms with Crippen LogP contribution in [0.5, 0.6) is 0 Å². The number of halogens is 2. The van der Waals surface area contributed by atoms with Gasteiger partial charge in [0.15, 0.2) is 0 Å². The van der Waals surface area contributed by atoms with Crippen molar-refractivity contribution < 1.29 is 9.13 Å². The third-order valence-corrected chi connectivity index (χ3v) is 4.84. The van der Waals surface area contributed by atoms with Gasteiger partial charge in [0.1, 0.15) is 5.82 Å². The van der Waals surface area contributed by atoms with E-state index in [4.69, 9.17) is 10.6 Å². The van der Waals surface area contributed by atoms with Crippen LogP contribution in [-0.2, 0) is 4.74 Å². The number of hydrazine groups is 1. The average molecular weight is 359 g/mol. The first-order valence-electron chi connectivity index (χ1n) is 7.68. The lowest BCUT2D eigenvalue weighted by molar-refractivity contribution is -0.0789. The summed E-state index contributed by atoms with van der Waals surface area (Å²) in [4.78, 5) is 0. The van der Waals surface area contributed by atoms with E-state index in [1.54, 1.807) is 12.1 Å². The normalized spacial score (nSPS) is 20.0. The molecule has 1 unspecified atom stereocenters. The molecule has 5 heteroatoms. The summed E-state index contributed by atoms with van der Waals surface area (Å²) in [6.45, 7) is 2.59. The maximum absolute atomic E-state index is 14.3. The van der Waals surface area contributed by atoms with E-state index in [9.17, 15) is 4.39 Å². The summed E-state index contributed by atoms with van der Waals surface area (Å²) >= 11 is 3.41. The van der Waals surface area contributed by atoms with Crippen molar-refractivity contribution in [2.24, 2.45) is 5.84 Å². The van der Waals surface area contributed by atoms with E-state index in [1.807, 2.05) is 6.92 Å². The highest BCUT2D eigenvalue weighted by Gasteiger charge is 2.41. The van der Waals surface area contributed by atoms with Crippen LogP contribution in [0.4, 0.5) is 4.39 Å². The summed E-state index contributed by atoms with van der Waals surface area (Å²) < 4.78 is 21.3. The molecule has 118 valence electrons. The summed E-state index contributed by atoms with van der Waals surface area (Å²) in [7, 11) is 0. The molecule has 0 spiro atoms. The Morgan fingerprint density at radius 3 is 2.57 bits per heavy atom. The number of ether oxygens (including phenoxy) is 1. The van der Waals surface area contributed by atoms with Crippen LogP contribution in [0.3, 0.4) is 0 Å². The number of rotatable bonds is 5. The van der Waals surface area contributed by atoms with E-state index < -0.39 is 5.60 Å². The Morgan fingerprint density at radius 1 is 1.33 bits per heavy atom. The molecule has 0 amide bonds. The van der Waals surface area contributed by atoms with E-state index in [1.165, 1.54) is 18.9 Å². The van der Waals surface area contributed by atoms with E-state index in [0.29, 0.717) is 12.2 Å². The smallest absolute Gasteiger partial charge is 0.128 e. The highest BCUT2D eigenvalue weighted by molar-refractivity contribution is 9.10. The largest absolute Gasteiger partial charge is 0.373 e. The second kappa shape index (κ2) is 7.68. The molecule has 1 saturated carbocycles. The Hall–Kier alpha value is -0.490.